The van der Waals surface area contributed by atoms with Crippen LogP contribution >= 0.6 is 0 Å². The number of aromatic nitrogens is 2. The molecule has 1 saturated heterocycles. The van der Waals surface area contributed by atoms with E-state index >= 15 is 0 Å². The topological polar surface area (TPSA) is 71.2 Å². The molecule has 4 rings (SSSR count). The summed E-state index contributed by atoms with van der Waals surface area (Å²) in [5.41, 5.74) is 4.48. The second-order valence-corrected chi connectivity index (χ2v) is 8.40. The molecule has 1 aromatic heterocycles. The van der Waals surface area contributed by atoms with Gasteiger partial charge in [0.05, 0.1) is 31.4 Å². The Labute approximate surface area is 195 Å². The quantitative estimate of drug-likeness (QED) is 0.532. The van der Waals surface area contributed by atoms with Gasteiger partial charge in [0.25, 0.3) is 5.56 Å². The van der Waals surface area contributed by atoms with Crippen LogP contribution in [0.2, 0.25) is 0 Å². The summed E-state index contributed by atoms with van der Waals surface area (Å²) in [5, 5.41) is 9.37. The number of aryl methyl sites for hydroxylation is 1. The second kappa shape index (κ2) is 11.0. The maximum absolute atomic E-state index is 13.0. The number of rotatable bonds is 8. The van der Waals surface area contributed by atoms with Gasteiger partial charge in [0.2, 0.25) is 0 Å². The first kappa shape index (κ1) is 22.9. The van der Waals surface area contributed by atoms with Crippen LogP contribution in [0.4, 0.5) is 0 Å². The van der Waals surface area contributed by atoms with Crippen molar-refractivity contribution in [3.8, 4) is 17.2 Å². The molecule has 0 N–H and O–H groups in total. The molecule has 3 aromatic rings. The Kier molecular flexibility index (Phi) is 7.66. The van der Waals surface area contributed by atoms with Crippen molar-refractivity contribution in [2.45, 2.75) is 32.7 Å². The molecule has 0 unspecified atom stereocenters. The number of nitriles is 1. The molecule has 0 radical (unpaired) electrons. The number of nitrogens with zero attached hydrogens (tertiary/aromatic N) is 4. The highest BCUT2D eigenvalue weighted by molar-refractivity contribution is 5.70. The second-order valence-electron chi connectivity index (χ2n) is 8.40. The molecular formula is C27H30N4O2. The Hall–Kier alpha value is -3.27. The lowest BCUT2D eigenvalue weighted by atomic mass is 9.99. The van der Waals surface area contributed by atoms with Gasteiger partial charge < -0.3 is 4.74 Å². The summed E-state index contributed by atoms with van der Waals surface area (Å²) in [7, 11) is 0. The molecule has 0 atom stereocenters. The van der Waals surface area contributed by atoms with Gasteiger partial charge in [-0.25, -0.2) is 4.98 Å². The summed E-state index contributed by atoms with van der Waals surface area (Å²) in [6.45, 7) is 6.93. The minimum absolute atomic E-state index is 0.00401. The van der Waals surface area contributed by atoms with Crippen LogP contribution in [-0.2, 0) is 24.1 Å². The molecule has 0 aliphatic carbocycles. The van der Waals surface area contributed by atoms with Gasteiger partial charge in [-0.05, 0) is 29.2 Å². The molecule has 6 heteroatoms. The van der Waals surface area contributed by atoms with Crippen molar-refractivity contribution in [1.82, 2.24) is 14.5 Å². The highest BCUT2D eigenvalue weighted by Crippen LogP contribution is 2.23. The highest BCUT2D eigenvalue weighted by Gasteiger charge is 2.13. The van der Waals surface area contributed by atoms with Crippen LogP contribution < -0.4 is 5.56 Å². The van der Waals surface area contributed by atoms with Gasteiger partial charge in [0.1, 0.15) is 5.82 Å². The lowest BCUT2D eigenvalue weighted by Crippen LogP contribution is -2.37. The average molecular weight is 443 g/mol. The van der Waals surface area contributed by atoms with Crippen LogP contribution in [-0.4, -0.2) is 47.3 Å². The molecule has 1 fully saturated rings. The van der Waals surface area contributed by atoms with E-state index in [2.05, 4.69) is 17.9 Å². The zero-order valence-electron chi connectivity index (χ0n) is 19.2. The predicted molar refractivity (Wildman–Crippen MR) is 129 cm³/mol. The van der Waals surface area contributed by atoms with E-state index in [0.29, 0.717) is 12.1 Å². The number of morpholine rings is 1. The normalized spacial score (nSPS) is 14.2. The van der Waals surface area contributed by atoms with Crippen molar-refractivity contribution in [2.24, 2.45) is 0 Å². The molecule has 0 amide bonds. The predicted octanol–water partition coefficient (Wildman–Crippen LogP) is 3.66. The molecule has 0 bridgehead atoms. The smallest absolute Gasteiger partial charge is 0.254 e. The first-order chi connectivity index (χ1) is 16.2. The van der Waals surface area contributed by atoms with E-state index in [1.165, 1.54) is 0 Å². The summed E-state index contributed by atoms with van der Waals surface area (Å²) >= 11 is 0. The third kappa shape index (κ3) is 5.75. The summed E-state index contributed by atoms with van der Waals surface area (Å²) in [4.78, 5) is 20.2. The molecule has 170 valence electrons. The minimum atomic E-state index is 0.00401. The molecule has 1 aliphatic rings. The number of ether oxygens (including phenoxy) is 1. The molecule has 2 heterocycles. The van der Waals surface area contributed by atoms with Gasteiger partial charge in [-0.15, -0.1) is 0 Å². The van der Waals surface area contributed by atoms with Crippen LogP contribution in [0.5, 0.6) is 0 Å². The Morgan fingerprint density at radius 1 is 1.06 bits per heavy atom. The SMILES string of the molecule is CCCc1nc(CCN2CCOCC2)cc(=O)n1Cc1ccc(-c2ccccc2C#N)cc1. The average Bonchev–Trinajstić information content (AvgIpc) is 2.86. The van der Waals surface area contributed by atoms with Crippen molar-refractivity contribution >= 4 is 0 Å². The summed E-state index contributed by atoms with van der Waals surface area (Å²) in [5.74, 6) is 0.848. The zero-order valence-corrected chi connectivity index (χ0v) is 19.2. The highest BCUT2D eigenvalue weighted by atomic mass is 16.5. The van der Waals surface area contributed by atoms with Gasteiger partial charge >= 0.3 is 0 Å². The van der Waals surface area contributed by atoms with Crippen LogP contribution in [0.25, 0.3) is 11.1 Å². The van der Waals surface area contributed by atoms with Crippen LogP contribution in [0.15, 0.2) is 59.4 Å². The van der Waals surface area contributed by atoms with E-state index in [1.807, 2.05) is 48.5 Å². The van der Waals surface area contributed by atoms with E-state index in [0.717, 1.165) is 80.3 Å². The third-order valence-electron chi connectivity index (χ3n) is 6.05. The van der Waals surface area contributed by atoms with Crippen molar-refractivity contribution < 1.29 is 4.74 Å². The first-order valence-corrected chi connectivity index (χ1v) is 11.7. The standard InChI is InChI=1S/C27H30N4O2/c1-2-5-26-29-24(12-13-30-14-16-33-17-15-30)18-27(32)31(26)20-21-8-10-22(11-9-21)25-7-4-3-6-23(25)19-28/h3-4,6-11,18H,2,5,12-17,20H2,1H3. The van der Waals surface area contributed by atoms with Crippen LogP contribution in [0.1, 0.15) is 36.0 Å². The third-order valence-corrected chi connectivity index (χ3v) is 6.05. The van der Waals surface area contributed by atoms with E-state index < -0.39 is 0 Å². The molecule has 2 aromatic carbocycles. The molecule has 6 nitrogen and oxygen atoms in total. The molecule has 0 spiro atoms. The Morgan fingerprint density at radius 3 is 2.55 bits per heavy atom. The van der Waals surface area contributed by atoms with E-state index in [-0.39, 0.29) is 5.56 Å². The first-order valence-electron chi connectivity index (χ1n) is 11.7. The lowest BCUT2D eigenvalue weighted by molar-refractivity contribution is 0.0383. The van der Waals surface area contributed by atoms with Gasteiger partial charge in [-0.2, -0.15) is 5.26 Å². The van der Waals surface area contributed by atoms with E-state index in [9.17, 15) is 10.1 Å². The number of benzene rings is 2. The zero-order chi connectivity index (χ0) is 23.0. The monoisotopic (exact) mass is 442 g/mol. The number of hydrogen-bond acceptors (Lipinski definition) is 5. The molecule has 0 saturated carbocycles. The van der Waals surface area contributed by atoms with Crippen molar-refractivity contribution in [1.29, 1.82) is 5.26 Å². The Morgan fingerprint density at radius 2 is 1.82 bits per heavy atom. The fourth-order valence-electron chi connectivity index (χ4n) is 4.22. The summed E-state index contributed by atoms with van der Waals surface area (Å²) in [6.07, 6.45) is 2.48. The van der Waals surface area contributed by atoms with E-state index in [4.69, 9.17) is 9.72 Å². The molecular weight excluding hydrogens is 412 g/mol. The lowest BCUT2D eigenvalue weighted by Gasteiger charge is -2.26. The Balaban J connectivity index is 1.52. The van der Waals surface area contributed by atoms with E-state index in [1.54, 1.807) is 10.6 Å². The van der Waals surface area contributed by atoms with Gasteiger partial charge in [0.15, 0.2) is 0 Å². The van der Waals surface area contributed by atoms with Crippen molar-refractivity contribution in [3.05, 3.63) is 87.6 Å². The van der Waals surface area contributed by atoms with Crippen LogP contribution in [0, 0.1) is 11.3 Å². The van der Waals surface area contributed by atoms with Crippen molar-refractivity contribution in [2.75, 3.05) is 32.8 Å². The van der Waals surface area contributed by atoms with Gasteiger partial charge in [0, 0.05) is 44.2 Å². The maximum Gasteiger partial charge on any atom is 0.254 e. The Bertz CT molecular complexity index is 1170. The van der Waals surface area contributed by atoms with Crippen molar-refractivity contribution in [3.63, 3.8) is 0 Å². The van der Waals surface area contributed by atoms with Crippen LogP contribution in [0.3, 0.4) is 0 Å². The maximum atomic E-state index is 13.0. The fourth-order valence-corrected chi connectivity index (χ4v) is 4.22. The van der Waals surface area contributed by atoms with Gasteiger partial charge in [-0.3, -0.25) is 14.3 Å². The fraction of sp³-hybridized carbons (Fsp3) is 0.370. The molecule has 1 aliphatic heterocycles. The van der Waals surface area contributed by atoms with Gasteiger partial charge in [-0.1, -0.05) is 49.4 Å². The largest absolute Gasteiger partial charge is 0.379 e. The number of hydrogen-bond donors (Lipinski definition) is 0. The summed E-state index contributed by atoms with van der Waals surface area (Å²) in [6, 6.07) is 19.6. The summed E-state index contributed by atoms with van der Waals surface area (Å²) < 4.78 is 7.20. The molecule has 33 heavy (non-hydrogen) atoms. The minimum Gasteiger partial charge on any atom is -0.379 e.